The number of carbonyl (C=O) groups excluding carboxylic acids is 1. The number of nitrogens with one attached hydrogen (secondary N) is 1. The standard InChI is InChI=1S/C17H22N2O3/c1-2-21-16-10-13(11-18)8-9-15(16)22-12-17(20)19-14-6-4-3-5-7-14/h8-10,14H,2-7,12H2,1H3,(H,19,20). The number of nitriles is 1. The fourth-order valence-corrected chi connectivity index (χ4v) is 2.62. The summed E-state index contributed by atoms with van der Waals surface area (Å²) in [7, 11) is 0. The van der Waals surface area contributed by atoms with Gasteiger partial charge in [0.25, 0.3) is 5.91 Å². The van der Waals surface area contributed by atoms with Crippen LogP contribution in [0.5, 0.6) is 11.5 Å². The van der Waals surface area contributed by atoms with Gasteiger partial charge in [0.1, 0.15) is 0 Å². The summed E-state index contributed by atoms with van der Waals surface area (Å²) < 4.78 is 11.0. The first-order valence-electron chi connectivity index (χ1n) is 7.82. The zero-order valence-corrected chi connectivity index (χ0v) is 12.9. The van der Waals surface area contributed by atoms with Crippen LogP contribution in [0, 0.1) is 11.3 Å². The van der Waals surface area contributed by atoms with Crippen molar-refractivity contribution in [2.75, 3.05) is 13.2 Å². The number of hydrogen-bond acceptors (Lipinski definition) is 4. The molecule has 2 rings (SSSR count). The second-order valence-corrected chi connectivity index (χ2v) is 5.40. The molecule has 1 saturated carbocycles. The van der Waals surface area contributed by atoms with E-state index in [1.807, 2.05) is 6.92 Å². The molecule has 1 aliphatic rings. The molecule has 22 heavy (non-hydrogen) atoms. The van der Waals surface area contributed by atoms with Crippen LogP contribution in [0.2, 0.25) is 0 Å². The lowest BCUT2D eigenvalue weighted by atomic mass is 9.95. The van der Waals surface area contributed by atoms with Gasteiger partial charge >= 0.3 is 0 Å². The second kappa shape index (κ2) is 8.28. The smallest absolute Gasteiger partial charge is 0.258 e. The van der Waals surface area contributed by atoms with Gasteiger partial charge in [-0.1, -0.05) is 19.3 Å². The van der Waals surface area contributed by atoms with Gasteiger partial charge in [-0.05, 0) is 31.9 Å². The summed E-state index contributed by atoms with van der Waals surface area (Å²) in [5.41, 5.74) is 0.502. The second-order valence-electron chi connectivity index (χ2n) is 5.40. The van der Waals surface area contributed by atoms with E-state index in [2.05, 4.69) is 11.4 Å². The minimum atomic E-state index is -0.112. The molecule has 0 bridgehead atoms. The first kappa shape index (κ1) is 16.2. The molecular formula is C17H22N2O3. The summed E-state index contributed by atoms with van der Waals surface area (Å²) >= 11 is 0. The maximum atomic E-state index is 11.9. The number of nitrogens with zero attached hydrogens (tertiary/aromatic N) is 1. The van der Waals surface area contributed by atoms with Gasteiger partial charge in [-0.2, -0.15) is 5.26 Å². The fourth-order valence-electron chi connectivity index (χ4n) is 2.62. The minimum Gasteiger partial charge on any atom is -0.490 e. The van der Waals surface area contributed by atoms with E-state index >= 15 is 0 Å². The summed E-state index contributed by atoms with van der Waals surface area (Å²) in [4.78, 5) is 11.9. The van der Waals surface area contributed by atoms with E-state index in [-0.39, 0.29) is 18.6 Å². The Balaban J connectivity index is 1.89. The topological polar surface area (TPSA) is 71.3 Å². The number of amides is 1. The molecule has 1 N–H and O–H groups in total. The van der Waals surface area contributed by atoms with E-state index < -0.39 is 0 Å². The van der Waals surface area contributed by atoms with Gasteiger partial charge in [0.2, 0.25) is 0 Å². The average Bonchev–Trinajstić information content (AvgIpc) is 2.55. The number of carbonyl (C=O) groups is 1. The Morgan fingerprint density at radius 2 is 2.05 bits per heavy atom. The highest BCUT2D eigenvalue weighted by molar-refractivity contribution is 5.78. The third kappa shape index (κ3) is 4.66. The van der Waals surface area contributed by atoms with E-state index in [0.717, 1.165) is 12.8 Å². The van der Waals surface area contributed by atoms with Crippen LogP contribution >= 0.6 is 0 Å². The Kier molecular flexibility index (Phi) is 6.08. The van der Waals surface area contributed by atoms with Crippen molar-refractivity contribution >= 4 is 5.91 Å². The molecule has 0 heterocycles. The molecule has 1 aromatic rings. The maximum Gasteiger partial charge on any atom is 0.258 e. The molecule has 1 amide bonds. The van der Waals surface area contributed by atoms with Crippen LogP contribution in [-0.4, -0.2) is 25.2 Å². The van der Waals surface area contributed by atoms with Gasteiger partial charge in [-0.25, -0.2) is 0 Å². The highest BCUT2D eigenvalue weighted by Gasteiger charge is 2.16. The molecule has 0 aromatic heterocycles. The lowest BCUT2D eigenvalue weighted by molar-refractivity contribution is -0.124. The molecule has 5 heteroatoms. The van der Waals surface area contributed by atoms with Crippen molar-refractivity contribution in [1.29, 1.82) is 5.26 Å². The van der Waals surface area contributed by atoms with Crippen molar-refractivity contribution in [3.63, 3.8) is 0 Å². The highest BCUT2D eigenvalue weighted by Crippen LogP contribution is 2.28. The predicted octanol–water partition coefficient (Wildman–Crippen LogP) is 2.78. The largest absolute Gasteiger partial charge is 0.490 e. The number of benzene rings is 1. The third-order valence-electron chi connectivity index (χ3n) is 3.70. The Bertz CT molecular complexity index is 545. The molecule has 118 valence electrons. The number of rotatable bonds is 6. The molecule has 1 fully saturated rings. The highest BCUT2D eigenvalue weighted by atomic mass is 16.5. The lowest BCUT2D eigenvalue weighted by Gasteiger charge is -2.22. The van der Waals surface area contributed by atoms with Gasteiger partial charge < -0.3 is 14.8 Å². The summed E-state index contributed by atoms with van der Waals surface area (Å²) in [6.07, 6.45) is 5.71. The average molecular weight is 302 g/mol. The predicted molar refractivity (Wildman–Crippen MR) is 82.8 cm³/mol. The molecule has 1 aromatic carbocycles. The van der Waals surface area contributed by atoms with Crippen LogP contribution in [0.15, 0.2) is 18.2 Å². The Morgan fingerprint density at radius 3 is 2.73 bits per heavy atom. The van der Waals surface area contributed by atoms with Gasteiger partial charge in [0, 0.05) is 12.1 Å². The van der Waals surface area contributed by atoms with Crippen molar-refractivity contribution in [3.05, 3.63) is 23.8 Å². The number of hydrogen-bond donors (Lipinski definition) is 1. The molecule has 0 aliphatic heterocycles. The van der Waals surface area contributed by atoms with Crippen molar-refractivity contribution < 1.29 is 14.3 Å². The van der Waals surface area contributed by atoms with Crippen LogP contribution in [0.25, 0.3) is 0 Å². The molecule has 0 saturated heterocycles. The Morgan fingerprint density at radius 1 is 1.27 bits per heavy atom. The third-order valence-corrected chi connectivity index (χ3v) is 3.70. The summed E-state index contributed by atoms with van der Waals surface area (Å²) in [5, 5.41) is 11.9. The van der Waals surface area contributed by atoms with Crippen LogP contribution < -0.4 is 14.8 Å². The van der Waals surface area contributed by atoms with E-state index in [0.29, 0.717) is 23.7 Å². The first-order valence-corrected chi connectivity index (χ1v) is 7.82. The monoisotopic (exact) mass is 302 g/mol. The van der Waals surface area contributed by atoms with Crippen molar-refractivity contribution in [2.45, 2.75) is 45.1 Å². The van der Waals surface area contributed by atoms with Crippen molar-refractivity contribution in [2.24, 2.45) is 0 Å². The number of ether oxygens (including phenoxy) is 2. The minimum absolute atomic E-state index is 0.0392. The zero-order chi connectivity index (χ0) is 15.8. The van der Waals surface area contributed by atoms with Gasteiger partial charge in [0.15, 0.2) is 18.1 Å². The molecule has 5 nitrogen and oxygen atoms in total. The lowest BCUT2D eigenvalue weighted by Crippen LogP contribution is -2.39. The Labute approximate surface area is 131 Å². The van der Waals surface area contributed by atoms with Crippen molar-refractivity contribution in [1.82, 2.24) is 5.32 Å². The van der Waals surface area contributed by atoms with Gasteiger partial charge in [-0.3, -0.25) is 4.79 Å². The van der Waals surface area contributed by atoms with Crippen LogP contribution in [-0.2, 0) is 4.79 Å². The molecule has 0 spiro atoms. The van der Waals surface area contributed by atoms with E-state index in [4.69, 9.17) is 14.7 Å². The fraction of sp³-hybridized carbons (Fsp3) is 0.529. The van der Waals surface area contributed by atoms with Gasteiger partial charge in [0.05, 0.1) is 18.2 Å². The van der Waals surface area contributed by atoms with E-state index in [1.54, 1.807) is 18.2 Å². The van der Waals surface area contributed by atoms with E-state index in [9.17, 15) is 4.79 Å². The summed E-state index contributed by atoms with van der Waals surface area (Å²) in [6.45, 7) is 2.29. The quantitative estimate of drug-likeness (QED) is 0.877. The van der Waals surface area contributed by atoms with Gasteiger partial charge in [-0.15, -0.1) is 0 Å². The normalized spacial score (nSPS) is 14.9. The summed E-state index contributed by atoms with van der Waals surface area (Å²) in [5.74, 6) is 0.866. The Hall–Kier alpha value is -2.22. The molecule has 0 unspecified atom stereocenters. The molecule has 0 radical (unpaired) electrons. The molecular weight excluding hydrogens is 280 g/mol. The zero-order valence-electron chi connectivity index (χ0n) is 12.9. The molecule has 0 atom stereocenters. The van der Waals surface area contributed by atoms with E-state index in [1.165, 1.54) is 19.3 Å². The first-order chi connectivity index (χ1) is 10.7. The maximum absolute atomic E-state index is 11.9. The van der Waals surface area contributed by atoms with Crippen LogP contribution in [0.1, 0.15) is 44.6 Å². The summed E-state index contributed by atoms with van der Waals surface area (Å²) in [6, 6.07) is 7.27. The van der Waals surface area contributed by atoms with Crippen LogP contribution in [0.3, 0.4) is 0 Å². The SMILES string of the molecule is CCOc1cc(C#N)ccc1OCC(=O)NC1CCCCC1. The van der Waals surface area contributed by atoms with Crippen LogP contribution in [0.4, 0.5) is 0 Å². The molecule has 1 aliphatic carbocycles. The van der Waals surface area contributed by atoms with Crippen molar-refractivity contribution in [3.8, 4) is 17.6 Å².